The van der Waals surface area contributed by atoms with Crippen molar-refractivity contribution in [3.05, 3.63) is 23.8 Å². The molecule has 12 heteroatoms. The van der Waals surface area contributed by atoms with Gasteiger partial charge in [0.25, 0.3) is 0 Å². The van der Waals surface area contributed by atoms with Crippen LogP contribution in [0.1, 0.15) is 19.3 Å². The van der Waals surface area contributed by atoms with Gasteiger partial charge < -0.3 is 9.84 Å². The van der Waals surface area contributed by atoms with Crippen LogP contribution in [0.2, 0.25) is 0 Å². The monoisotopic (exact) mass is 403 g/mol. The molecule has 1 aromatic heterocycles. The standard InChI is InChI=1S/C15H19F2N5O4S/c16-12-7-10(8-13(17)14(12)27(24,25)18-4-5-23)15-19-21-22(20-15)9-11-3-1-2-6-26-11/h7-8,11,18,23H,1-6,9H2/t11-/m1/s1. The minimum atomic E-state index is -4.43. The van der Waals surface area contributed by atoms with Crippen LogP contribution in [-0.4, -0.2) is 59.6 Å². The maximum absolute atomic E-state index is 14.3. The van der Waals surface area contributed by atoms with E-state index in [-0.39, 0.29) is 24.0 Å². The van der Waals surface area contributed by atoms with Crippen LogP contribution in [0.4, 0.5) is 8.78 Å². The van der Waals surface area contributed by atoms with Gasteiger partial charge in [0.2, 0.25) is 15.8 Å². The van der Waals surface area contributed by atoms with E-state index in [4.69, 9.17) is 9.84 Å². The number of benzene rings is 1. The van der Waals surface area contributed by atoms with E-state index in [1.807, 2.05) is 4.72 Å². The number of ether oxygens (including phenoxy) is 1. The second-order valence-corrected chi connectivity index (χ2v) is 7.75. The SMILES string of the molecule is O=S(=O)(NCCO)c1c(F)cc(-c2nnn(C[C@H]3CCCCO3)n2)cc1F. The van der Waals surface area contributed by atoms with Gasteiger partial charge in [-0.25, -0.2) is 21.9 Å². The predicted octanol–water partition coefficient (Wildman–Crippen LogP) is 0.458. The molecule has 3 rings (SSSR count). The third-order valence-electron chi connectivity index (χ3n) is 4.02. The van der Waals surface area contributed by atoms with Crippen LogP contribution >= 0.6 is 0 Å². The number of aliphatic hydroxyl groups is 1. The van der Waals surface area contributed by atoms with Crippen LogP contribution < -0.4 is 4.72 Å². The van der Waals surface area contributed by atoms with E-state index in [9.17, 15) is 17.2 Å². The molecule has 0 saturated carbocycles. The highest BCUT2D eigenvalue weighted by atomic mass is 32.2. The molecule has 1 saturated heterocycles. The molecule has 0 aliphatic carbocycles. The average molecular weight is 403 g/mol. The number of tetrazole rings is 1. The summed E-state index contributed by atoms with van der Waals surface area (Å²) in [6, 6.07) is 1.66. The van der Waals surface area contributed by atoms with E-state index in [0.717, 1.165) is 31.4 Å². The van der Waals surface area contributed by atoms with Gasteiger partial charge in [-0.3, -0.25) is 0 Å². The number of aliphatic hydroxyl groups excluding tert-OH is 1. The third-order valence-corrected chi connectivity index (χ3v) is 5.53. The Labute approximate surface area is 154 Å². The second-order valence-electron chi connectivity index (χ2n) is 6.05. The molecule has 1 fully saturated rings. The Kier molecular flexibility index (Phi) is 6.09. The van der Waals surface area contributed by atoms with Crippen molar-refractivity contribution >= 4 is 10.0 Å². The second kappa shape index (κ2) is 8.33. The van der Waals surface area contributed by atoms with Gasteiger partial charge in [-0.05, 0) is 36.6 Å². The summed E-state index contributed by atoms with van der Waals surface area (Å²) in [6.07, 6.45) is 2.88. The summed E-state index contributed by atoms with van der Waals surface area (Å²) in [7, 11) is -4.43. The highest BCUT2D eigenvalue weighted by Gasteiger charge is 2.26. The molecule has 0 spiro atoms. The Balaban J connectivity index is 1.82. The van der Waals surface area contributed by atoms with Crippen molar-refractivity contribution in [2.75, 3.05) is 19.8 Å². The molecular formula is C15H19F2N5O4S. The zero-order valence-corrected chi connectivity index (χ0v) is 15.1. The lowest BCUT2D eigenvalue weighted by molar-refractivity contribution is 0.00133. The molecule has 1 aliphatic heterocycles. The van der Waals surface area contributed by atoms with Crippen molar-refractivity contribution < 1.29 is 27.0 Å². The zero-order chi connectivity index (χ0) is 19.4. The van der Waals surface area contributed by atoms with Crippen molar-refractivity contribution in [2.45, 2.75) is 36.8 Å². The van der Waals surface area contributed by atoms with Crippen LogP contribution in [0, 0.1) is 11.6 Å². The smallest absolute Gasteiger partial charge is 0.246 e. The Morgan fingerprint density at radius 3 is 2.67 bits per heavy atom. The number of aromatic nitrogens is 4. The summed E-state index contributed by atoms with van der Waals surface area (Å²) in [6.45, 7) is 0.179. The van der Waals surface area contributed by atoms with Crippen LogP contribution in [0.25, 0.3) is 11.4 Å². The summed E-state index contributed by atoms with van der Waals surface area (Å²) in [5.41, 5.74) is -0.0399. The number of hydrogen-bond donors (Lipinski definition) is 2. The lowest BCUT2D eigenvalue weighted by Crippen LogP contribution is -2.28. The first-order valence-electron chi connectivity index (χ1n) is 8.40. The van der Waals surface area contributed by atoms with Crippen LogP contribution in [-0.2, 0) is 21.3 Å². The minimum Gasteiger partial charge on any atom is -0.395 e. The lowest BCUT2D eigenvalue weighted by atomic mass is 10.1. The number of sulfonamides is 1. The topological polar surface area (TPSA) is 119 Å². The molecule has 2 aromatic rings. The van der Waals surface area contributed by atoms with Crippen molar-refractivity contribution in [3.63, 3.8) is 0 Å². The largest absolute Gasteiger partial charge is 0.395 e. The highest BCUT2D eigenvalue weighted by molar-refractivity contribution is 7.89. The number of halogens is 2. The van der Waals surface area contributed by atoms with Gasteiger partial charge in [-0.15, -0.1) is 10.2 Å². The molecule has 9 nitrogen and oxygen atoms in total. The maximum Gasteiger partial charge on any atom is 0.246 e. The fraction of sp³-hybridized carbons (Fsp3) is 0.533. The molecule has 0 unspecified atom stereocenters. The molecule has 1 aliphatic rings. The van der Waals surface area contributed by atoms with Gasteiger partial charge in [-0.1, -0.05) is 0 Å². The molecule has 0 amide bonds. The van der Waals surface area contributed by atoms with Gasteiger partial charge in [0.15, 0.2) is 4.90 Å². The van der Waals surface area contributed by atoms with E-state index >= 15 is 0 Å². The molecule has 0 radical (unpaired) electrons. The summed E-state index contributed by atoms with van der Waals surface area (Å²) < 4.78 is 59.9. The summed E-state index contributed by atoms with van der Waals surface area (Å²) in [4.78, 5) is 0.164. The van der Waals surface area contributed by atoms with Crippen molar-refractivity contribution in [2.24, 2.45) is 0 Å². The Hall–Kier alpha value is -2.02. The van der Waals surface area contributed by atoms with E-state index < -0.39 is 33.2 Å². The Morgan fingerprint density at radius 2 is 2.04 bits per heavy atom. The van der Waals surface area contributed by atoms with Gasteiger partial charge in [-0.2, -0.15) is 4.80 Å². The number of hydrogen-bond acceptors (Lipinski definition) is 7. The van der Waals surface area contributed by atoms with Gasteiger partial charge in [0.1, 0.15) is 11.6 Å². The number of rotatable bonds is 7. The maximum atomic E-state index is 14.3. The molecule has 1 atom stereocenters. The predicted molar refractivity (Wildman–Crippen MR) is 89.0 cm³/mol. The van der Waals surface area contributed by atoms with Crippen LogP contribution in [0.3, 0.4) is 0 Å². The van der Waals surface area contributed by atoms with Crippen LogP contribution in [0.5, 0.6) is 0 Å². The molecule has 0 bridgehead atoms. The average Bonchev–Trinajstić information content (AvgIpc) is 3.08. The van der Waals surface area contributed by atoms with Crippen LogP contribution in [0.15, 0.2) is 17.0 Å². The lowest BCUT2D eigenvalue weighted by Gasteiger charge is -2.21. The van der Waals surface area contributed by atoms with Gasteiger partial charge in [0, 0.05) is 18.7 Å². The molecule has 148 valence electrons. The Morgan fingerprint density at radius 1 is 1.30 bits per heavy atom. The van der Waals surface area contributed by atoms with Crippen molar-refractivity contribution in [3.8, 4) is 11.4 Å². The van der Waals surface area contributed by atoms with E-state index in [0.29, 0.717) is 13.2 Å². The fourth-order valence-corrected chi connectivity index (χ4v) is 3.90. The van der Waals surface area contributed by atoms with E-state index in [1.165, 1.54) is 4.80 Å². The number of nitrogens with zero attached hydrogens (tertiary/aromatic N) is 4. The number of nitrogens with one attached hydrogen (secondary N) is 1. The first kappa shape index (κ1) is 19.7. The minimum absolute atomic E-state index is 0.0316. The summed E-state index contributed by atoms with van der Waals surface area (Å²) in [5, 5.41) is 20.4. The van der Waals surface area contributed by atoms with E-state index in [2.05, 4.69) is 15.4 Å². The van der Waals surface area contributed by atoms with Gasteiger partial charge >= 0.3 is 0 Å². The Bertz CT molecular complexity index is 876. The molecule has 1 aromatic carbocycles. The van der Waals surface area contributed by atoms with Gasteiger partial charge in [0.05, 0.1) is 19.3 Å². The quantitative estimate of drug-likeness (QED) is 0.689. The first-order chi connectivity index (χ1) is 12.9. The van der Waals surface area contributed by atoms with Crippen molar-refractivity contribution in [1.82, 2.24) is 24.9 Å². The zero-order valence-electron chi connectivity index (χ0n) is 14.3. The fourth-order valence-electron chi connectivity index (χ4n) is 2.77. The van der Waals surface area contributed by atoms with E-state index in [1.54, 1.807) is 0 Å². The first-order valence-corrected chi connectivity index (χ1v) is 9.88. The normalized spacial score (nSPS) is 18.0. The highest BCUT2D eigenvalue weighted by Crippen LogP contribution is 2.25. The third kappa shape index (κ3) is 4.64. The van der Waals surface area contributed by atoms with Crippen molar-refractivity contribution in [1.29, 1.82) is 0 Å². The molecule has 27 heavy (non-hydrogen) atoms. The molecule has 2 heterocycles. The molecular weight excluding hydrogens is 384 g/mol. The summed E-state index contributed by atoms with van der Waals surface area (Å²) >= 11 is 0. The summed E-state index contributed by atoms with van der Waals surface area (Å²) in [5.74, 6) is -2.61. The molecule has 2 N–H and O–H groups in total.